The van der Waals surface area contributed by atoms with Gasteiger partial charge in [0.05, 0.1) is 11.1 Å². The zero-order valence-electron chi connectivity index (χ0n) is 11.8. The highest BCUT2D eigenvalue weighted by atomic mass is 19.1. The van der Waals surface area contributed by atoms with Crippen molar-refractivity contribution in [3.05, 3.63) is 35.5 Å². The Bertz CT molecular complexity index is 827. The van der Waals surface area contributed by atoms with E-state index in [4.69, 9.17) is 11.5 Å². The van der Waals surface area contributed by atoms with Crippen LogP contribution in [0.25, 0.3) is 16.6 Å². The molecule has 1 saturated carbocycles. The maximum atomic E-state index is 13.6. The highest BCUT2D eigenvalue weighted by Crippen LogP contribution is 2.62. The minimum Gasteiger partial charge on any atom is -0.404 e. The summed E-state index contributed by atoms with van der Waals surface area (Å²) in [5.74, 6) is -0.0924. The van der Waals surface area contributed by atoms with Gasteiger partial charge in [0, 0.05) is 23.7 Å². The van der Waals surface area contributed by atoms with Crippen LogP contribution in [0.2, 0.25) is 0 Å². The van der Waals surface area contributed by atoms with Gasteiger partial charge in [0.1, 0.15) is 17.2 Å². The van der Waals surface area contributed by atoms with Crippen LogP contribution in [0.5, 0.6) is 0 Å². The molecule has 1 aliphatic heterocycles. The summed E-state index contributed by atoms with van der Waals surface area (Å²) in [5, 5.41) is 3.35. The molecule has 1 aromatic carbocycles. The summed E-state index contributed by atoms with van der Waals surface area (Å²) in [6, 6.07) is 2.41. The first kappa shape index (κ1) is 13.3. The summed E-state index contributed by atoms with van der Waals surface area (Å²) >= 11 is 0. The minimum atomic E-state index is -0.703. The van der Waals surface area contributed by atoms with E-state index in [0.717, 1.165) is 31.1 Å². The Kier molecular flexibility index (Phi) is 2.59. The van der Waals surface area contributed by atoms with Gasteiger partial charge in [-0.25, -0.2) is 9.37 Å². The van der Waals surface area contributed by atoms with Crippen LogP contribution >= 0.6 is 0 Å². The Morgan fingerprint density at radius 3 is 2.91 bits per heavy atom. The number of nitrogens with one attached hydrogen (secondary N) is 2. The van der Waals surface area contributed by atoms with Crippen molar-refractivity contribution in [2.75, 3.05) is 13.1 Å². The number of H-pyrrole nitrogens is 1. The molecule has 2 heterocycles. The molecular weight excluding hydrogens is 285 g/mol. The second kappa shape index (κ2) is 4.30. The summed E-state index contributed by atoms with van der Waals surface area (Å²) < 4.78 is 13.6. The zero-order chi connectivity index (χ0) is 15.5. The van der Waals surface area contributed by atoms with Crippen molar-refractivity contribution in [3.8, 4) is 0 Å². The standard InChI is InChI=1S/C15H16FN5O/c16-8-1-9(13(18)22)12-11(2-8)20-14(21-12)10(4-17)15-3-7(15)5-19-6-15/h1-2,4,7,19H,3,5-6,17H2,(H2,18,22)(H,20,21). The van der Waals surface area contributed by atoms with Crippen LogP contribution in [0, 0.1) is 17.2 Å². The van der Waals surface area contributed by atoms with Crippen molar-refractivity contribution in [3.63, 3.8) is 0 Å². The van der Waals surface area contributed by atoms with Gasteiger partial charge in [0.2, 0.25) is 0 Å². The van der Waals surface area contributed by atoms with Crippen molar-refractivity contribution in [1.82, 2.24) is 15.3 Å². The van der Waals surface area contributed by atoms with Crippen LogP contribution in [-0.2, 0) is 0 Å². The number of carbonyl (C=O) groups excluding carboxylic acids is 1. The number of nitrogens with two attached hydrogens (primary N) is 2. The van der Waals surface area contributed by atoms with Gasteiger partial charge >= 0.3 is 0 Å². The number of hydrogen-bond acceptors (Lipinski definition) is 4. The summed E-state index contributed by atoms with van der Waals surface area (Å²) in [5.41, 5.74) is 13.0. The summed E-state index contributed by atoms with van der Waals surface area (Å²) in [6.45, 7) is 1.83. The Morgan fingerprint density at radius 1 is 1.50 bits per heavy atom. The van der Waals surface area contributed by atoms with E-state index in [-0.39, 0.29) is 11.0 Å². The molecule has 0 radical (unpaired) electrons. The number of aromatic amines is 1. The van der Waals surface area contributed by atoms with Gasteiger partial charge in [-0.2, -0.15) is 0 Å². The molecule has 4 rings (SSSR count). The molecule has 1 aromatic heterocycles. The second-order valence-electron chi connectivity index (χ2n) is 6.07. The minimum absolute atomic E-state index is 0.00799. The SMILES string of the molecule is NC=C(c1nc2c(C(N)=O)cc(F)cc2[nH]1)C12CNCC1C2. The fraction of sp³-hybridized carbons (Fsp3) is 0.333. The van der Waals surface area contributed by atoms with Crippen LogP contribution < -0.4 is 16.8 Å². The lowest BCUT2D eigenvalue weighted by molar-refractivity contribution is 0.100. The third-order valence-electron chi connectivity index (χ3n) is 4.84. The molecule has 22 heavy (non-hydrogen) atoms. The van der Waals surface area contributed by atoms with Crippen molar-refractivity contribution in [2.45, 2.75) is 6.42 Å². The van der Waals surface area contributed by atoms with Gasteiger partial charge in [-0.1, -0.05) is 0 Å². The first-order valence-corrected chi connectivity index (χ1v) is 7.18. The predicted octanol–water partition coefficient (Wildman–Crippen LogP) is 0.710. The topological polar surface area (TPSA) is 110 Å². The molecule has 2 atom stereocenters. The highest BCUT2D eigenvalue weighted by Gasteiger charge is 2.60. The third-order valence-corrected chi connectivity index (χ3v) is 4.84. The highest BCUT2D eigenvalue weighted by molar-refractivity contribution is 6.04. The van der Waals surface area contributed by atoms with E-state index < -0.39 is 11.7 Å². The Hall–Kier alpha value is -2.41. The molecule has 2 unspecified atom stereocenters. The number of carbonyl (C=O) groups is 1. The predicted molar refractivity (Wildman–Crippen MR) is 80.1 cm³/mol. The van der Waals surface area contributed by atoms with Gasteiger partial charge in [0.15, 0.2) is 0 Å². The average Bonchev–Trinajstić information content (AvgIpc) is 2.83. The number of amides is 1. The molecule has 1 saturated heterocycles. The number of fused-ring (bicyclic) bond motifs is 2. The number of benzene rings is 1. The summed E-state index contributed by atoms with van der Waals surface area (Å²) in [7, 11) is 0. The maximum Gasteiger partial charge on any atom is 0.251 e. The Morgan fingerprint density at radius 2 is 2.32 bits per heavy atom. The molecule has 1 amide bonds. The molecule has 6 N–H and O–H groups in total. The van der Waals surface area contributed by atoms with Crippen molar-refractivity contribution >= 4 is 22.5 Å². The Balaban J connectivity index is 1.86. The number of nitrogens with zero attached hydrogens (tertiary/aromatic N) is 1. The first-order valence-electron chi connectivity index (χ1n) is 7.18. The average molecular weight is 301 g/mol. The largest absolute Gasteiger partial charge is 0.404 e. The zero-order valence-corrected chi connectivity index (χ0v) is 11.8. The molecule has 2 aliphatic rings. The molecule has 6 nitrogen and oxygen atoms in total. The summed E-state index contributed by atoms with van der Waals surface area (Å²) in [4.78, 5) is 19.0. The number of halogens is 1. The fourth-order valence-electron chi connectivity index (χ4n) is 3.64. The van der Waals surface area contributed by atoms with E-state index in [1.165, 1.54) is 6.07 Å². The van der Waals surface area contributed by atoms with Crippen molar-refractivity contribution in [2.24, 2.45) is 22.8 Å². The third kappa shape index (κ3) is 1.69. The number of imidazole rings is 1. The molecule has 7 heteroatoms. The molecule has 0 bridgehead atoms. The lowest BCUT2D eigenvalue weighted by Crippen LogP contribution is -2.18. The van der Waals surface area contributed by atoms with Crippen molar-refractivity contribution < 1.29 is 9.18 Å². The van der Waals surface area contributed by atoms with Gasteiger partial charge in [-0.15, -0.1) is 0 Å². The van der Waals surface area contributed by atoms with Crippen molar-refractivity contribution in [1.29, 1.82) is 0 Å². The molecule has 114 valence electrons. The number of piperidine rings is 1. The molecule has 2 aromatic rings. The van der Waals surface area contributed by atoms with Crippen LogP contribution in [0.15, 0.2) is 18.3 Å². The van der Waals surface area contributed by atoms with E-state index in [0.29, 0.717) is 22.8 Å². The van der Waals surface area contributed by atoms with Gasteiger partial charge < -0.3 is 21.8 Å². The lowest BCUT2D eigenvalue weighted by atomic mass is 9.95. The normalized spacial score (nSPS) is 27.1. The molecule has 2 fully saturated rings. The maximum absolute atomic E-state index is 13.6. The van der Waals surface area contributed by atoms with Gasteiger partial charge in [-0.05, 0) is 31.0 Å². The molecular formula is C15H16FN5O. The number of aromatic nitrogens is 2. The monoisotopic (exact) mass is 301 g/mol. The lowest BCUT2D eigenvalue weighted by Gasteiger charge is -2.13. The second-order valence-corrected chi connectivity index (χ2v) is 6.07. The van der Waals surface area contributed by atoms with Gasteiger partial charge in [-0.3, -0.25) is 4.79 Å². The van der Waals surface area contributed by atoms with Crippen LogP contribution in [-0.4, -0.2) is 29.0 Å². The molecule has 0 spiro atoms. The van der Waals surface area contributed by atoms with Crippen LogP contribution in [0.1, 0.15) is 22.6 Å². The van der Waals surface area contributed by atoms with Crippen LogP contribution in [0.4, 0.5) is 4.39 Å². The van der Waals surface area contributed by atoms with Gasteiger partial charge in [0.25, 0.3) is 5.91 Å². The van der Waals surface area contributed by atoms with Crippen LogP contribution in [0.3, 0.4) is 0 Å². The van der Waals surface area contributed by atoms with E-state index in [2.05, 4.69) is 15.3 Å². The van der Waals surface area contributed by atoms with E-state index in [1.54, 1.807) is 6.20 Å². The van der Waals surface area contributed by atoms with E-state index in [9.17, 15) is 9.18 Å². The number of primary amides is 1. The smallest absolute Gasteiger partial charge is 0.251 e. The van der Waals surface area contributed by atoms with E-state index in [1.807, 2.05) is 0 Å². The fourth-order valence-corrected chi connectivity index (χ4v) is 3.64. The summed E-state index contributed by atoms with van der Waals surface area (Å²) in [6.07, 6.45) is 2.63. The Labute approximate surface area is 125 Å². The first-order chi connectivity index (χ1) is 10.5. The number of rotatable bonds is 3. The molecule has 1 aliphatic carbocycles. The quantitative estimate of drug-likeness (QED) is 0.669. The van der Waals surface area contributed by atoms with E-state index >= 15 is 0 Å². The number of hydrogen-bond donors (Lipinski definition) is 4.